The van der Waals surface area contributed by atoms with Crippen LogP contribution in [0, 0.1) is 11.6 Å². The van der Waals surface area contributed by atoms with Crippen molar-refractivity contribution >= 4 is 0 Å². The monoisotopic (exact) mass is 339 g/mol. The van der Waals surface area contributed by atoms with E-state index in [1.807, 2.05) is 0 Å². The highest BCUT2D eigenvalue weighted by Crippen LogP contribution is 2.36. The van der Waals surface area contributed by atoms with E-state index in [2.05, 4.69) is 10.1 Å². The standard InChI is InChI=1S/C16H10F5N3/c1-24-15(9-5-2-3-6-10(9)16(19,20)21)22-14(23-24)13-11(17)7-4-8-12(13)18/h2-8H,1H3. The molecule has 1 heterocycles. The largest absolute Gasteiger partial charge is 0.417 e. The van der Waals surface area contributed by atoms with Crippen molar-refractivity contribution in [3.05, 3.63) is 59.7 Å². The minimum atomic E-state index is -4.59. The molecule has 3 rings (SSSR count). The van der Waals surface area contributed by atoms with E-state index in [4.69, 9.17) is 0 Å². The fourth-order valence-corrected chi connectivity index (χ4v) is 2.36. The van der Waals surface area contributed by atoms with Gasteiger partial charge in [0.25, 0.3) is 0 Å². The van der Waals surface area contributed by atoms with E-state index in [0.29, 0.717) is 0 Å². The molecule has 0 spiro atoms. The first-order chi connectivity index (χ1) is 11.3. The summed E-state index contributed by atoms with van der Waals surface area (Å²) in [7, 11) is 1.36. The Balaban J connectivity index is 2.19. The lowest BCUT2D eigenvalue weighted by molar-refractivity contribution is -0.137. The topological polar surface area (TPSA) is 30.7 Å². The summed E-state index contributed by atoms with van der Waals surface area (Å²) >= 11 is 0. The van der Waals surface area contributed by atoms with Gasteiger partial charge in [0, 0.05) is 12.6 Å². The smallest absolute Gasteiger partial charge is 0.248 e. The van der Waals surface area contributed by atoms with Crippen LogP contribution in [-0.2, 0) is 13.2 Å². The zero-order valence-corrected chi connectivity index (χ0v) is 12.3. The van der Waals surface area contributed by atoms with Gasteiger partial charge in [0.05, 0.1) is 11.1 Å². The van der Waals surface area contributed by atoms with Gasteiger partial charge in [0.15, 0.2) is 11.6 Å². The van der Waals surface area contributed by atoms with E-state index in [-0.39, 0.29) is 17.2 Å². The van der Waals surface area contributed by atoms with Crippen molar-refractivity contribution in [1.29, 1.82) is 0 Å². The number of rotatable bonds is 2. The number of hydrogen-bond donors (Lipinski definition) is 0. The van der Waals surface area contributed by atoms with E-state index >= 15 is 0 Å². The Morgan fingerprint density at radius 3 is 2.17 bits per heavy atom. The molecule has 2 aromatic carbocycles. The van der Waals surface area contributed by atoms with Gasteiger partial charge in [-0.2, -0.15) is 18.3 Å². The molecular weight excluding hydrogens is 329 g/mol. The molecule has 0 aliphatic carbocycles. The Kier molecular flexibility index (Phi) is 3.82. The van der Waals surface area contributed by atoms with Crippen LogP contribution in [0.15, 0.2) is 42.5 Å². The maximum Gasteiger partial charge on any atom is 0.417 e. The predicted molar refractivity (Wildman–Crippen MR) is 76.8 cm³/mol. The van der Waals surface area contributed by atoms with Crippen LogP contribution in [0.4, 0.5) is 22.0 Å². The quantitative estimate of drug-likeness (QED) is 0.646. The highest BCUT2D eigenvalue weighted by atomic mass is 19.4. The van der Waals surface area contributed by atoms with E-state index < -0.39 is 28.9 Å². The van der Waals surface area contributed by atoms with Gasteiger partial charge in [-0.3, -0.25) is 0 Å². The van der Waals surface area contributed by atoms with Gasteiger partial charge in [0.2, 0.25) is 0 Å². The fraction of sp³-hybridized carbons (Fsp3) is 0.125. The molecule has 0 atom stereocenters. The van der Waals surface area contributed by atoms with Crippen molar-refractivity contribution in [3.63, 3.8) is 0 Å². The molecule has 0 aliphatic heterocycles. The minimum absolute atomic E-state index is 0.138. The average molecular weight is 339 g/mol. The SMILES string of the molecule is Cn1nc(-c2c(F)cccc2F)nc1-c1ccccc1C(F)(F)F. The van der Waals surface area contributed by atoms with Gasteiger partial charge >= 0.3 is 6.18 Å². The van der Waals surface area contributed by atoms with Gasteiger partial charge in [-0.05, 0) is 18.2 Å². The summed E-state index contributed by atoms with van der Waals surface area (Å²) in [6.07, 6.45) is -4.59. The molecule has 8 heteroatoms. The van der Waals surface area contributed by atoms with Crippen LogP contribution in [0.1, 0.15) is 5.56 Å². The van der Waals surface area contributed by atoms with E-state index in [9.17, 15) is 22.0 Å². The number of aryl methyl sites for hydroxylation is 1. The van der Waals surface area contributed by atoms with Crippen LogP contribution in [0.2, 0.25) is 0 Å². The molecule has 0 saturated heterocycles. The van der Waals surface area contributed by atoms with Gasteiger partial charge in [-0.25, -0.2) is 18.4 Å². The van der Waals surface area contributed by atoms with Gasteiger partial charge < -0.3 is 0 Å². The Labute approximate surface area is 133 Å². The van der Waals surface area contributed by atoms with E-state index in [1.165, 1.54) is 31.3 Å². The molecule has 0 N–H and O–H groups in total. The van der Waals surface area contributed by atoms with Gasteiger partial charge in [-0.1, -0.05) is 24.3 Å². The molecule has 0 fully saturated rings. The maximum atomic E-state index is 13.8. The van der Waals surface area contributed by atoms with Crippen LogP contribution in [0.25, 0.3) is 22.8 Å². The van der Waals surface area contributed by atoms with Crippen molar-refractivity contribution in [1.82, 2.24) is 14.8 Å². The molecular formula is C16H10F5N3. The molecule has 0 unspecified atom stereocenters. The zero-order chi connectivity index (χ0) is 17.5. The molecule has 0 bridgehead atoms. The molecule has 1 aromatic heterocycles. The second-order valence-electron chi connectivity index (χ2n) is 5.02. The number of halogens is 5. The Bertz CT molecular complexity index is 879. The van der Waals surface area contributed by atoms with E-state index in [0.717, 1.165) is 22.9 Å². The molecule has 124 valence electrons. The van der Waals surface area contributed by atoms with Crippen LogP contribution in [0.5, 0.6) is 0 Å². The molecule has 3 aromatic rings. The zero-order valence-electron chi connectivity index (χ0n) is 12.3. The first-order valence-corrected chi connectivity index (χ1v) is 6.81. The average Bonchev–Trinajstić information content (AvgIpc) is 2.87. The molecule has 0 saturated carbocycles. The van der Waals surface area contributed by atoms with Gasteiger partial charge in [0.1, 0.15) is 11.6 Å². The third-order valence-electron chi connectivity index (χ3n) is 3.42. The summed E-state index contributed by atoms with van der Waals surface area (Å²) in [4.78, 5) is 3.92. The second kappa shape index (κ2) is 5.70. The van der Waals surface area contributed by atoms with Crippen molar-refractivity contribution < 1.29 is 22.0 Å². The number of hydrogen-bond acceptors (Lipinski definition) is 2. The first kappa shape index (κ1) is 16.1. The van der Waals surface area contributed by atoms with Crippen LogP contribution >= 0.6 is 0 Å². The molecule has 3 nitrogen and oxygen atoms in total. The Morgan fingerprint density at radius 2 is 1.54 bits per heavy atom. The fourth-order valence-electron chi connectivity index (χ4n) is 2.36. The third-order valence-corrected chi connectivity index (χ3v) is 3.42. The number of benzene rings is 2. The second-order valence-corrected chi connectivity index (χ2v) is 5.02. The van der Waals surface area contributed by atoms with Crippen LogP contribution in [-0.4, -0.2) is 14.8 Å². The lowest BCUT2D eigenvalue weighted by atomic mass is 10.1. The lowest BCUT2D eigenvalue weighted by Gasteiger charge is -2.11. The van der Waals surface area contributed by atoms with E-state index in [1.54, 1.807) is 0 Å². The molecule has 0 aliphatic rings. The normalized spacial score (nSPS) is 11.8. The summed E-state index contributed by atoms with van der Waals surface area (Å²) in [5, 5.41) is 3.86. The summed E-state index contributed by atoms with van der Waals surface area (Å²) in [6, 6.07) is 8.04. The van der Waals surface area contributed by atoms with Crippen LogP contribution in [0.3, 0.4) is 0 Å². The first-order valence-electron chi connectivity index (χ1n) is 6.81. The lowest BCUT2D eigenvalue weighted by Crippen LogP contribution is -2.08. The van der Waals surface area contributed by atoms with Crippen molar-refractivity contribution in [2.45, 2.75) is 6.18 Å². The van der Waals surface area contributed by atoms with Crippen molar-refractivity contribution in [2.24, 2.45) is 7.05 Å². The van der Waals surface area contributed by atoms with Gasteiger partial charge in [-0.15, -0.1) is 0 Å². The highest BCUT2D eigenvalue weighted by molar-refractivity contribution is 5.65. The Morgan fingerprint density at radius 1 is 0.917 bits per heavy atom. The summed E-state index contributed by atoms with van der Waals surface area (Å²) in [5.41, 5.74) is -1.60. The van der Waals surface area contributed by atoms with Crippen molar-refractivity contribution in [3.8, 4) is 22.8 Å². The number of nitrogens with zero attached hydrogens (tertiary/aromatic N) is 3. The minimum Gasteiger partial charge on any atom is -0.248 e. The predicted octanol–water partition coefficient (Wildman–Crippen LogP) is 4.45. The highest BCUT2D eigenvalue weighted by Gasteiger charge is 2.34. The molecule has 24 heavy (non-hydrogen) atoms. The molecule has 0 amide bonds. The maximum absolute atomic E-state index is 13.8. The van der Waals surface area contributed by atoms with Crippen LogP contribution < -0.4 is 0 Å². The number of aromatic nitrogens is 3. The summed E-state index contributed by atoms with van der Waals surface area (Å²) in [6.45, 7) is 0. The third kappa shape index (κ3) is 2.75. The number of alkyl halides is 3. The Hall–Kier alpha value is -2.77. The summed E-state index contributed by atoms with van der Waals surface area (Å²) in [5.74, 6) is -2.24. The van der Waals surface area contributed by atoms with Crippen molar-refractivity contribution in [2.75, 3.05) is 0 Å². The summed E-state index contributed by atoms with van der Waals surface area (Å²) < 4.78 is 68.2. The molecule has 0 radical (unpaired) electrons.